The van der Waals surface area contributed by atoms with E-state index in [0.29, 0.717) is 0 Å². The molecule has 0 saturated carbocycles. The fraction of sp³-hybridized carbons (Fsp3) is 0.0714. The molecule has 0 aliphatic carbocycles. The minimum Gasteiger partial charge on any atom is -0.310 e. The van der Waals surface area contributed by atoms with Gasteiger partial charge >= 0.3 is 0 Å². The molecule has 416 valence electrons. The molecule has 2 nitrogen and oxygen atoms in total. The molecule has 3 heteroatoms. The van der Waals surface area contributed by atoms with E-state index in [1.54, 1.807) is 0 Å². The standard InChI is InChI=1S/C84H67BN2/c1-4-7-8-16-32-59-51-80-82-81(52-59)87(84-74(66-43-27-14-28-44-66)55-71(63-37-21-11-22-38-63)56-75(84)67-45-29-15-30-46-67)79-50-48-69(62-35-19-10-20-36-62)58-77(79)85(82)76-57-68(61-33-17-9-18-34-61)47-49-78(76)86(80)83-72(64-39-23-12-24-40-64)53-70(60(6-3)31-5-2)54-73(83)65-41-25-13-26-42-65/h5-6,9-15,17-31,33-58H,2-4,7-8,16,32H2,1H3/b60-31+. The number of benzene rings is 12. The largest absolute Gasteiger partial charge is 0.310 e. The molecular weight excluding hydrogens is 1050 g/mol. The van der Waals surface area contributed by atoms with Crippen LogP contribution in [0.1, 0.15) is 43.7 Å². The summed E-state index contributed by atoms with van der Waals surface area (Å²) >= 11 is 0. The molecule has 0 aromatic heterocycles. The maximum atomic E-state index is 4.36. The van der Waals surface area contributed by atoms with E-state index < -0.39 is 0 Å². The van der Waals surface area contributed by atoms with Crippen LogP contribution in [0.25, 0.3) is 83.5 Å². The normalized spacial score (nSPS) is 12.3. The van der Waals surface area contributed by atoms with Crippen LogP contribution >= 0.6 is 0 Å². The lowest BCUT2D eigenvalue weighted by Crippen LogP contribution is -2.61. The Morgan fingerprint density at radius 1 is 0.356 bits per heavy atom. The number of allylic oxidation sites excluding steroid dienone is 4. The minimum atomic E-state index is -0.180. The molecule has 12 aromatic rings. The van der Waals surface area contributed by atoms with E-state index in [1.165, 1.54) is 79.5 Å². The zero-order chi connectivity index (χ0) is 58.6. The van der Waals surface area contributed by atoms with Crippen LogP contribution in [0.3, 0.4) is 0 Å². The summed E-state index contributed by atoms with van der Waals surface area (Å²) in [6, 6.07) is 106. The molecule has 2 aliphatic heterocycles. The predicted octanol–water partition coefficient (Wildman–Crippen LogP) is 21.3. The Morgan fingerprint density at radius 2 is 0.724 bits per heavy atom. The van der Waals surface area contributed by atoms with Gasteiger partial charge in [0, 0.05) is 45.0 Å². The third-order valence-electron chi connectivity index (χ3n) is 17.6. The van der Waals surface area contributed by atoms with Gasteiger partial charge in [0.1, 0.15) is 0 Å². The Labute approximate surface area is 514 Å². The van der Waals surface area contributed by atoms with Crippen molar-refractivity contribution in [1.82, 2.24) is 0 Å². The third-order valence-corrected chi connectivity index (χ3v) is 17.6. The molecule has 0 spiro atoms. The molecule has 0 N–H and O–H groups in total. The molecule has 0 atom stereocenters. The second kappa shape index (κ2) is 24.2. The highest BCUT2D eigenvalue weighted by Crippen LogP contribution is 2.54. The molecule has 0 bridgehead atoms. The predicted molar refractivity (Wildman–Crippen MR) is 375 cm³/mol. The first-order valence-electron chi connectivity index (χ1n) is 30.8. The lowest BCUT2D eigenvalue weighted by atomic mass is 9.33. The summed E-state index contributed by atoms with van der Waals surface area (Å²) in [4.78, 5) is 5.36. The summed E-state index contributed by atoms with van der Waals surface area (Å²) in [5, 5.41) is 0. The molecule has 2 heterocycles. The molecule has 87 heavy (non-hydrogen) atoms. The zero-order valence-electron chi connectivity index (χ0n) is 49.3. The Balaban J connectivity index is 1.17. The summed E-state index contributed by atoms with van der Waals surface area (Å²) in [7, 11) is 0. The smallest absolute Gasteiger partial charge is 0.252 e. The number of aryl methyl sites for hydroxylation is 1. The first-order chi connectivity index (χ1) is 43.1. The van der Waals surface area contributed by atoms with Crippen molar-refractivity contribution in [2.75, 3.05) is 9.80 Å². The number of fused-ring (bicyclic) bond motifs is 4. The van der Waals surface area contributed by atoms with Crippen LogP contribution in [0.2, 0.25) is 0 Å². The number of unbranched alkanes of at least 4 members (excludes halogenated alkanes) is 3. The first kappa shape index (κ1) is 54.5. The van der Waals surface area contributed by atoms with Gasteiger partial charge in [-0.15, -0.1) is 0 Å². The zero-order valence-corrected chi connectivity index (χ0v) is 49.3. The van der Waals surface area contributed by atoms with E-state index in [4.69, 9.17) is 0 Å². The van der Waals surface area contributed by atoms with Crippen LogP contribution in [-0.2, 0) is 6.42 Å². The van der Waals surface area contributed by atoms with Crippen molar-refractivity contribution in [2.24, 2.45) is 0 Å². The Morgan fingerprint density at radius 3 is 1.09 bits per heavy atom. The van der Waals surface area contributed by atoms with Crippen LogP contribution in [0.15, 0.2) is 317 Å². The highest BCUT2D eigenvalue weighted by Gasteiger charge is 2.46. The molecule has 0 unspecified atom stereocenters. The molecule has 0 radical (unpaired) electrons. The van der Waals surface area contributed by atoms with E-state index in [2.05, 4.69) is 321 Å². The van der Waals surface area contributed by atoms with Crippen molar-refractivity contribution in [3.8, 4) is 77.9 Å². The van der Waals surface area contributed by atoms with Gasteiger partial charge in [0.25, 0.3) is 6.71 Å². The molecule has 0 amide bonds. The topological polar surface area (TPSA) is 6.48 Å². The Bertz CT molecular complexity index is 4380. The highest BCUT2D eigenvalue weighted by molar-refractivity contribution is 7.00. The van der Waals surface area contributed by atoms with Crippen molar-refractivity contribution in [2.45, 2.75) is 39.0 Å². The number of hydrogen-bond acceptors (Lipinski definition) is 2. The van der Waals surface area contributed by atoms with Gasteiger partial charge in [0.15, 0.2) is 0 Å². The third kappa shape index (κ3) is 10.4. The first-order valence-corrected chi connectivity index (χ1v) is 30.8. The van der Waals surface area contributed by atoms with E-state index in [0.717, 1.165) is 97.7 Å². The van der Waals surface area contributed by atoms with Crippen molar-refractivity contribution in [3.63, 3.8) is 0 Å². The minimum absolute atomic E-state index is 0.180. The number of nitrogens with zero attached hydrogens (tertiary/aromatic N) is 2. The fourth-order valence-electron chi connectivity index (χ4n) is 13.5. The van der Waals surface area contributed by atoms with E-state index in [1.807, 2.05) is 12.2 Å². The van der Waals surface area contributed by atoms with Gasteiger partial charge < -0.3 is 9.80 Å². The molecule has 0 fully saturated rings. The lowest BCUT2D eigenvalue weighted by Gasteiger charge is -2.46. The average Bonchev–Trinajstić information content (AvgIpc) is 0.761. The summed E-state index contributed by atoms with van der Waals surface area (Å²) in [6.45, 7) is 10.7. The van der Waals surface area contributed by atoms with Crippen molar-refractivity contribution >= 4 is 62.8 Å². The van der Waals surface area contributed by atoms with Crippen molar-refractivity contribution < 1.29 is 0 Å². The van der Waals surface area contributed by atoms with Gasteiger partial charge in [-0.1, -0.05) is 294 Å². The van der Waals surface area contributed by atoms with Crippen molar-refractivity contribution in [3.05, 3.63) is 328 Å². The van der Waals surface area contributed by atoms with E-state index in [-0.39, 0.29) is 6.71 Å². The fourth-order valence-corrected chi connectivity index (χ4v) is 13.5. The second-order valence-electron chi connectivity index (χ2n) is 23.0. The van der Waals surface area contributed by atoms with Gasteiger partial charge in [-0.05, 0) is 150 Å². The van der Waals surface area contributed by atoms with Gasteiger partial charge in [-0.25, -0.2) is 0 Å². The van der Waals surface area contributed by atoms with Crippen molar-refractivity contribution in [1.29, 1.82) is 0 Å². The number of anilines is 6. The molecular formula is C84H67BN2. The molecule has 14 rings (SSSR count). The Kier molecular flexibility index (Phi) is 15.2. The second-order valence-corrected chi connectivity index (χ2v) is 23.0. The van der Waals surface area contributed by atoms with Gasteiger partial charge in [0.2, 0.25) is 0 Å². The number of rotatable bonds is 17. The SMILES string of the molecule is C=C/C=C(\C=C)c1cc(-c2ccccc2)c(N2c3ccc(-c4ccccc4)cc3B3c4cc(-c5ccccc5)ccc4N(c4c(-c5ccccc5)cc(-c5ccccc5)cc4-c4ccccc4)c4cc(CCCCCC)cc2c43)c(-c2ccccc2)c1. The summed E-state index contributed by atoms with van der Waals surface area (Å²) in [5.74, 6) is 0. The van der Waals surface area contributed by atoms with Crippen LogP contribution < -0.4 is 26.2 Å². The summed E-state index contributed by atoms with van der Waals surface area (Å²) in [6.07, 6.45) is 11.4. The average molecular weight is 1120 g/mol. The van der Waals surface area contributed by atoms with Crippen LogP contribution in [0.4, 0.5) is 34.1 Å². The lowest BCUT2D eigenvalue weighted by molar-refractivity contribution is 0.667. The summed E-state index contributed by atoms with van der Waals surface area (Å²) in [5.41, 5.74) is 30.3. The Hall–Kier alpha value is -10.5. The number of hydrogen-bond donors (Lipinski definition) is 0. The molecule has 2 aliphatic rings. The maximum Gasteiger partial charge on any atom is 0.252 e. The van der Waals surface area contributed by atoms with E-state index >= 15 is 0 Å². The van der Waals surface area contributed by atoms with Gasteiger partial charge in [-0.2, -0.15) is 0 Å². The molecule has 12 aromatic carbocycles. The van der Waals surface area contributed by atoms with Crippen LogP contribution in [-0.4, -0.2) is 6.71 Å². The quantitative estimate of drug-likeness (QED) is 0.0509. The monoisotopic (exact) mass is 1110 g/mol. The maximum absolute atomic E-state index is 4.36. The van der Waals surface area contributed by atoms with E-state index in [9.17, 15) is 0 Å². The van der Waals surface area contributed by atoms with Gasteiger partial charge in [-0.3, -0.25) is 0 Å². The highest BCUT2D eigenvalue weighted by atomic mass is 15.2. The van der Waals surface area contributed by atoms with Crippen LogP contribution in [0, 0.1) is 0 Å². The summed E-state index contributed by atoms with van der Waals surface area (Å²) < 4.78 is 0. The van der Waals surface area contributed by atoms with Gasteiger partial charge in [0.05, 0.1) is 11.4 Å². The molecule has 0 saturated heterocycles. The van der Waals surface area contributed by atoms with Crippen LogP contribution in [0.5, 0.6) is 0 Å².